The fourth-order valence-corrected chi connectivity index (χ4v) is 1.91. The maximum Gasteiger partial charge on any atom is 0.0961 e. The van der Waals surface area contributed by atoms with Crippen LogP contribution in [-0.4, -0.2) is 27.1 Å². The highest BCUT2D eigenvalue weighted by Gasteiger charge is 2.18. The average Bonchev–Trinajstić information content (AvgIpc) is 2.62. The fraction of sp³-hybridized carbons (Fsp3) is 0.600. The third-order valence-electron chi connectivity index (χ3n) is 2.70. The van der Waals surface area contributed by atoms with E-state index in [2.05, 4.69) is 10.00 Å². The van der Waals surface area contributed by atoms with Crippen molar-refractivity contribution in [3.63, 3.8) is 0 Å². The van der Waals surface area contributed by atoms with E-state index in [1.807, 2.05) is 24.9 Å². The molecule has 0 saturated carbocycles. The number of nitrogens with zero attached hydrogens (tertiary/aromatic N) is 3. The second-order valence-corrected chi connectivity index (χ2v) is 3.89. The minimum absolute atomic E-state index is 0.772. The van der Waals surface area contributed by atoms with Gasteiger partial charge in [-0.1, -0.05) is 0 Å². The molecule has 0 aliphatic carbocycles. The molecule has 0 unspecified atom stereocenters. The zero-order chi connectivity index (χ0) is 10.1. The summed E-state index contributed by atoms with van der Waals surface area (Å²) in [6.45, 7) is 3.89. The van der Waals surface area contributed by atoms with E-state index < -0.39 is 0 Å². The lowest BCUT2D eigenvalue weighted by atomic mass is 10.2. The van der Waals surface area contributed by atoms with Gasteiger partial charge in [-0.25, -0.2) is 0 Å². The Labute approximate surface area is 84.0 Å². The Morgan fingerprint density at radius 2 is 2.36 bits per heavy atom. The monoisotopic (exact) mass is 192 g/mol. The molecular formula is C10H16N4. The standard InChI is InChI=1S/C10H16N4/c1-8-9(6-13(2)12-8)7-14-5-3-4-10(14)11/h6,11H,3-5,7H2,1-2H3. The summed E-state index contributed by atoms with van der Waals surface area (Å²) in [6.07, 6.45) is 4.10. The van der Waals surface area contributed by atoms with Crippen LogP contribution in [0.15, 0.2) is 6.20 Å². The van der Waals surface area contributed by atoms with Gasteiger partial charge < -0.3 is 4.90 Å². The quantitative estimate of drug-likeness (QED) is 0.767. The van der Waals surface area contributed by atoms with Crippen molar-refractivity contribution in [2.45, 2.75) is 26.3 Å². The first-order valence-electron chi connectivity index (χ1n) is 4.98. The van der Waals surface area contributed by atoms with Crippen LogP contribution in [0, 0.1) is 12.3 Å². The highest BCUT2D eigenvalue weighted by atomic mass is 15.3. The molecule has 1 saturated heterocycles. The van der Waals surface area contributed by atoms with E-state index in [9.17, 15) is 0 Å². The highest BCUT2D eigenvalue weighted by molar-refractivity contribution is 5.80. The topological polar surface area (TPSA) is 44.9 Å². The van der Waals surface area contributed by atoms with E-state index in [0.29, 0.717) is 0 Å². The maximum atomic E-state index is 7.73. The summed E-state index contributed by atoms with van der Waals surface area (Å²) in [5, 5.41) is 12.0. The normalized spacial score (nSPS) is 16.7. The van der Waals surface area contributed by atoms with E-state index in [0.717, 1.165) is 37.5 Å². The van der Waals surface area contributed by atoms with Crippen LogP contribution in [0.3, 0.4) is 0 Å². The first-order chi connectivity index (χ1) is 6.66. The largest absolute Gasteiger partial charge is 0.356 e. The molecule has 0 amide bonds. The van der Waals surface area contributed by atoms with E-state index in [4.69, 9.17) is 5.41 Å². The molecule has 14 heavy (non-hydrogen) atoms. The molecule has 1 fully saturated rings. The van der Waals surface area contributed by atoms with Gasteiger partial charge in [-0.3, -0.25) is 10.1 Å². The molecule has 1 N–H and O–H groups in total. The second-order valence-electron chi connectivity index (χ2n) is 3.89. The van der Waals surface area contributed by atoms with Crippen LogP contribution in [0.2, 0.25) is 0 Å². The molecule has 76 valence electrons. The van der Waals surface area contributed by atoms with Crippen molar-refractivity contribution in [1.82, 2.24) is 14.7 Å². The maximum absolute atomic E-state index is 7.73. The Morgan fingerprint density at radius 3 is 2.86 bits per heavy atom. The molecule has 0 radical (unpaired) electrons. The molecule has 0 bridgehead atoms. The van der Waals surface area contributed by atoms with Crippen molar-refractivity contribution in [3.05, 3.63) is 17.5 Å². The Morgan fingerprint density at radius 1 is 1.57 bits per heavy atom. The fourth-order valence-electron chi connectivity index (χ4n) is 1.91. The van der Waals surface area contributed by atoms with Crippen molar-refractivity contribution in [1.29, 1.82) is 5.41 Å². The molecule has 0 aromatic carbocycles. The highest BCUT2D eigenvalue weighted by Crippen LogP contribution is 2.15. The average molecular weight is 192 g/mol. The van der Waals surface area contributed by atoms with Crippen LogP contribution in [-0.2, 0) is 13.6 Å². The van der Waals surface area contributed by atoms with Crippen LogP contribution in [0.4, 0.5) is 0 Å². The molecule has 4 heteroatoms. The number of aryl methyl sites for hydroxylation is 2. The van der Waals surface area contributed by atoms with Crippen LogP contribution >= 0.6 is 0 Å². The van der Waals surface area contributed by atoms with Gasteiger partial charge in [-0.2, -0.15) is 5.10 Å². The van der Waals surface area contributed by atoms with Crippen molar-refractivity contribution in [3.8, 4) is 0 Å². The summed E-state index contributed by atoms with van der Waals surface area (Å²) in [5.74, 6) is 0.772. The number of amidine groups is 1. The zero-order valence-corrected chi connectivity index (χ0v) is 8.75. The predicted octanol–water partition coefficient (Wildman–Crippen LogP) is 1.30. The molecule has 2 heterocycles. The van der Waals surface area contributed by atoms with Gasteiger partial charge in [0.05, 0.1) is 11.5 Å². The van der Waals surface area contributed by atoms with Gasteiger partial charge in [-0.15, -0.1) is 0 Å². The number of hydrogen-bond donors (Lipinski definition) is 1. The third kappa shape index (κ3) is 1.64. The molecule has 1 aliphatic heterocycles. The van der Waals surface area contributed by atoms with E-state index in [1.165, 1.54) is 5.56 Å². The number of hydrogen-bond acceptors (Lipinski definition) is 2. The summed E-state index contributed by atoms with van der Waals surface area (Å²) in [6, 6.07) is 0. The lowest BCUT2D eigenvalue weighted by Crippen LogP contribution is -2.23. The van der Waals surface area contributed by atoms with E-state index >= 15 is 0 Å². The van der Waals surface area contributed by atoms with Gasteiger partial charge in [0.25, 0.3) is 0 Å². The lowest BCUT2D eigenvalue weighted by molar-refractivity contribution is 0.445. The summed E-state index contributed by atoms with van der Waals surface area (Å²) in [5.41, 5.74) is 2.31. The first kappa shape index (κ1) is 9.24. The Balaban J connectivity index is 2.10. The SMILES string of the molecule is Cc1nn(C)cc1CN1CCCC1=N. The molecular weight excluding hydrogens is 176 g/mol. The lowest BCUT2D eigenvalue weighted by Gasteiger charge is -2.16. The molecule has 4 nitrogen and oxygen atoms in total. The van der Waals surface area contributed by atoms with Crippen molar-refractivity contribution < 1.29 is 0 Å². The Hall–Kier alpha value is -1.32. The van der Waals surface area contributed by atoms with Crippen molar-refractivity contribution in [2.24, 2.45) is 7.05 Å². The minimum Gasteiger partial charge on any atom is -0.356 e. The molecule has 1 aliphatic rings. The summed E-state index contributed by atoms with van der Waals surface area (Å²) < 4.78 is 1.84. The minimum atomic E-state index is 0.772. The molecule has 0 atom stereocenters. The third-order valence-corrected chi connectivity index (χ3v) is 2.70. The summed E-state index contributed by atoms with van der Waals surface area (Å²) in [4.78, 5) is 2.13. The van der Waals surface area contributed by atoms with Crippen molar-refractivity contribution in [2.75, 3.05) is 6.54 Å². The Kier molecular flexibility index (Phi) is 2.27. The predicted molar refractivity (Wildman–Crippen MR) is 55.3 cm³/mol. The van der Waals surface area contributed by atoms with Crippen LogP contribution in [0.5, 0.6) is 0 Å². The number of aromatic nitrogens is 2. The zero-order valence-electron chi connectivity index (χ0n) is 8.75. The Bertz CT molecular complexity index is 353. The molecule has 2 rings (SSSR count). The van der Waals surface area contributed by atoms with Gasteiger partial charge in [0, 0.05) is 38.3 Å². The van der Waals surface area contributed by atoms with Crippen molar-refractivity contribution >= 4 is 5.84 Å². The van der Waals surface area contributed by atoms with E-state index in [1.54, 1.807) is 0 Å². The smallest absolute Gasteiger partial charge is 0.0961 e. The summed E-state index contributed by atoms with van der Waals surface area (Å²) in [7, 11) is 1.94. The molecule has 1 aromatic rings. The van der Waals surface area contributed by atoms with Gasteiger partial charge >= 0.3 is 0 Å². The van der Waals surface area contributed by atoms with Gasteiger partial charge in [0.2, 0.25) is 0 Å². The number of nitrogens with one attached hydrogen (secondary N) is 1. The van der Waals surface area contributed by atoms with Gasteiger partial charge in [0.15, 0.2) is 0 Å². The number of rotatable bonds is 2. The van der Waals surface area contributed by atoms with Crippen LogP contribution < -0.4 is 0 Å². The second kappa shape index (κ2) is 3.44. The van der Waals surface area contributed by atoms with Gasteiger partial charge in [-0.05, 0) is 13.3 Å². The van der Waals surface area contributed by atoms with Crippen LogP contribution in [0.1, 0.15) is 24.1 Å². The van der Waals surface area contributed by atoms with Gasteiger partial charge in [0.1, 0.15) is 0 Å². The first-order valence-corrected chi connectivity index (χ1v) is 4.98. The molecule has 0 spiro atoms. The van der Waals surface area contributed by atoms with Crippen LogP contribution in [0.25, 0.3) is 0 Å². The van der Waals surface area contributed by atoms with E-state index in [-0.39, 0.29) is 0 Å². The summed E-state index contributed by atoms with van der Waals surface area (Å²) >= 11 is 0. The number of likely N-dealkylation sites (tertiary alicyclic amines) is 1. The molecule has 1 aromatic heterocycles.